The second-order valence-corrected chi connectivity index (χ2v) is 15.7. The molecule has 2 N–H and O–H groups in total. The van der Waals surface area contributed by atoms with Crippen LogP contribution in [0.1, 0.15) is 271 Å². The normalized spacial score (nSPS) is 11.4. The van der Waals surface area contributed by atoms with Crippen LogP contribution in [0, 0.1) is 0 Å². The molecule has 0 aromatic carbocycles. The third-order valence-corrected chi connectivity index (χ3v) is 10.4. The van der Waals surface area contributed by atoms with Gasteiger partial charge in [0.15, 0.2) is 0 Å². The predicted molar refractivity (Wildman–Crippen MR) is 230 cm³/mol. The van der Waals surface area contributed by atoms with Gasteiger partial charge in [0.25, 0.3) is 0 Å². The highest BCUT2D eigenvalue weighted by Gasteiger charge is 1.98. The summed E-state index contributed by atoms with van der Waals surface area (Å²) in [5, 5.41) is 17.1. The summed E-state index contributed by atoms with van der Waals surface area (Å²) in [7, 11) is 0. The van der Waals surface area contributed by atoms with Crippen molar-refractivity contribution in [3.63, 3.8) is 0 Å². The number of aliphatic carboxylic acids is 2. The van der Waals surface area contributed by atoms with Gasteiger partial charge in [0, 0.05) is 12.5 Å². The van der Waals surface area contributed by atoms with Crippen molar-refractivity contribution in [2.75, 3.05) is 0 Å². The van der Waals surface area contributed by atoms with Crippen molar-refractivity contribution in [2.24, 2.45) is 0 Å². The molecule has 0 aliphatic rings. The summed E-state index contributed by atoms with van der Waals surface area (Å²) < 4.78 is 0. The lowest BCUT2D eigenvalue weighted by Gasteiger charge is -2.03. The van der Waals surface area contributed by atoms with Gasteiger partial charge in [-0.1, -0.05) is 238 Å². The Morgan fingerprint density at radius 2 is 0.558 bits per heavy atom. The molecule has 0 aliphatic heterocycles. The molecule has 308 valence electrons. The zero-order valence-electron chi connectivity index (χ0n) is 35.3. The number of carboxylic acids is 2. The van der Waals surface area contributed by atoms with Gasteiger partial charge in [0.2, 0.25) is 0 Å². The first-order chi connectivity index (χ1) is 25.5. The van der Waals surface area contributed by atoms with Gasteiger partial charge in [0.05, 0.1) is 0 Å². The summed E-state index contributed by atoms with van der Waals surface area (Å²) in [6.07, 6.45) is 60.5. The molecule has 0 bridgehead atoms. The van der Waals surface area contributed by atoms with Crippen molar-refractivity contribution in [2.45, 2.75) is 271 Å². The van der Waals surface area contributed by atoms with Gasteiger partial charge in [-0.2, -0.15) is 0 Å². The summed E-state index contributed by atoms with van der Waals surface area (Å²) in [4.78, 5) is 20.7. The Morgan fingerprint density at radius 3 is 0.808 bits per heavy atom. The molecule has 0 rings (SSSR count). The van der Waals surface area contributed by atoms with E-state index in [0.29, 0.717) is 6.42 Å². The predicted octanol–water partition coefficient (Wildman–Crippen LogP) is 16.9. The van der Waals surface area contributed by atoms with E-state index in [4.69, 9.17) is 10.2 Å². The van der Waals surface area contributed by atoms with E-state index in [2.05, 4.69) is 26.0 Å². The molecule has 0 saturated heterocycles. The molecule has 0 heterocycles. The van der Waals surface area contributed by atoms with Crippen LogP contribution in [0.15, 0.2) is 24.3 Å². The Labute approximate surface area is 325 Å². The summed E-state index contributed by atoms with van der Waals surface area (Å²) in [6, 6.07) is 0. The standard InChI is InChI=1S/2C24H46O2/c2*1-2-3-4-5-6-7-8-9-10-11-12-13-14-15-16-17-18-19-20-21-22-23-24(25)26/h22-23H,2-21H2,1H3,(H,25,26);9-10H,2-8,11-23H2,1H3,(H,25,26)/b23-22+;10-9-. The Bertz CT molecular complexity index is 743. The summed E-state index contributed by atoms with van der Waals surface area (Å²) in [5.74, 6) is -1.49. The van der Waals surface area contributed by atoms with Gasteiger partial charge in [-0.15, -0.1) is 0 Å². The highest BCUT2D eigenvalue weighted by Crippen LogP contribution is 2.16. The zero-order chi connectivity index (χ0) is 38.3. The first kappa shape index (κ1) is 52.5. The van der Waals surface area contributed by atoms with Gasteiger partial charge >= 0.3 is 11.9 Å². The van der Waals surface area contributed by atoms with Crippen molar-refractivity contribution in [3.8, 4) is 0 Å². The van der Waals surface area contributed by atoms with Crippen LogP contribution in [0.3, 0.4) is 0 Å². The van der Waals surface area contributed by atoms with Crippen LogP contribution < -0.4 is 0 Å². The molecular formula is C48H92O4. The molecule has 0 aromatic heterocycles. The molecule has 0 saturated carbocycles. The molecule has 0 aromatic rings. The maximum absolute atomic E-state index is 10.4. The molecule has 0 spiro atoms. The lowest BCUT2D eigenvalue weighted by atomic mass is 10.0. The van der Waals surface area contributed by atoms with Crippen molar-refractivity contribution in [1.29, 1.82) is 0 Å². The van der Waals surface area contributed by atoms with E-state index in [0.717, 1.165) is 25.7 Å². The monoisotopic (exact) mass is 733 g/mol. The fourth-order valence-electron chi connectivity index (χ4n) is 6.93. The molecule has 4 heteroatoms. The van der Waals surface area contributed by atoms with E-state index in [1.54, 1.807) is 6.08 Å². The average molecular weight is 733 g/mol. The maximum atomic E-state index is 10.4. The minimum Gasteiger partial charge on any atom is -0.481 e. The average Bonchev–Trinajstić information content (AvgIpc) is 3.13. The van der Waals surface area contributed by atoms with Crippen LogP contribution in [-0.4, -0.2) is 22.2 Å². The summed E-state index contributed by atoms with van der Waals surface area (Å²) in [5.41, 5.74) is 0. The summed E-state index contributed by atoms with van der Waals surface area (Å²) >= 11 is 0. The van der Waals surface area contributed by atoms with E-state index < -0.39 is 11.9 Å². The SMILES string of the molecule is CCCCCCCC/C=C\CCCCCCCCCCCCCC(=O)O.CCCCCCCCCCCCCCCCCCCCC/C=C/C(=O)O. The van der Waals surface area contributed by atoms with Gasteiger partial charge in [-0.05, 0) is 44.9 Å². The number of hydrogen-bond donors (Lipinski definition) is 2. The molecular weight excluding hydrogens is 641 g/mol. The first-order valence-corrected chi connectivity index (χ1v) is 23.3. The largest absolute Gasteiger partial charge is 0.481 e. The number of allylic oxidation sites excluding steroid dienone is 3. The Morgan fingerprint density at radius 1 is 0.327 bits per heavy atom. The number of rotatable bonds is 42. The molecule has 0 fully saturated rings. The number of carbonyl (C=O) groups is 2. The Kier molecular flexibility index (Phi) is 49.9. The minimum absolute atomic E-state index is 0.342. The fraction of sp³-hybridized carbons (Fsp3) is 0.875. The third kappa shape index (κ3) is 55.2. The number of unbranched alkanes of at least 4 members (excludes halogenated alkanes) is 36. The van der Waals surface area contributed by atoms with E-state index in [1.807, 2.05) is 0 Å². The third-order valence-electron chi connectivity index (χ3n) is 10.4. The van der Waals surface area contributed by atoms with Crippen molar-refractivity contribution < 1.29 is 19.8 Å². The van der Waals surface area contributed by atoms with E-state index in [-0.39, 0.29) is 0 Å². The molecule has 52 heavy (non-hydrogen) atoms. The second-order valence-electron chi connectivity index (χ2n) is 15.7. The molecule has 0 atom stereocenters. The lowest BCUT2D eigenvalue weighted by Crippen LogP contribution is -1.93. The smallest absolute Gasteiger partial charge is 0.327 e. The molecule has 0 amide bonds. The van der Waals surface area contributed by atoms with Crippen LogP contribution in [0.2, 0.25) is 0 Å². The van der Waals surface area contributed by atoms with Crippen LogP contribution in [0.4, 0.5) is 0 Å². The minimum atomic E-state index is -0.831. The van der Waals surface area contributed by atoms with Crippen molar-refractivity contribution in [1.82, 2.24) is 0 Å². The molecule has 0 unspecified atom stereocenters. The van der Waals surface area contributed by atoms with E-state index >= 15 is 0 Å². The van der Waals surface area contributed by atoms with Gasteiger partial charge in [-0.3, -0.25) is 4.79 Å². The summed E-state index contributed by atoms with van der Waals surface area (Å²) in [6.45, 7) is 4.56. The number of hydrogen-bond acceptors (Lipinski definition) is 2. The van der Waals surface area contributed by atoms with Crippen molar-refractivity contribution >= 4 is 11.9 Å². The maximum Gasteiger partial charge on any atom is 0.327 e. The quantitative estimate of drug-likeness (QED) is 0.0372. The lowest BCUT2D eigenvalue weighted by molar-refractivity contribution is -0.137. The van der Waals surface area contributed by atoms with E-state index in [9.17, 15) is 9.59 Å². The zero-order valence-corrected chi connectivity index (χ0v) is 35.3. The van der Waals surface area contributed by atoms with Crippen LogP contribution in [-0.2, 0) is 9.59 Å². The number of carboxylic acid groups (broad SMARTS) is 2. The van der Waals surface area contributed by atoms with Crippen LogP contribution >= 0.6 is 0 Å². The fourth-order valence-corrected chi connectivity index (χ4v) is 6.93. The van der Waals surface area contributed by atoms with Gasteiger partial charge < -0.3 is 10.2 Å². The Hall–Kier alpha value is -1.58. The topological polar surface area (TPSA) is 74.6 Å². The second kappa shape index (κ2) is 49.4. The van der Waals surface area contributed by atoms with Crippen LogP contribution in [0.25, 0.3) is 0 Å². The molecule has 0 radical (unpaired) electrons. The van der Waals surface area contributed by atoms with E-state index in [1.165, 1.54) is 231 Å². The van der Waals surface area contributed by atoms with Gasteiger partial charge in [0.1, 0.15) is 0 Å². The highest BCUT2D eigenvalue weighted by molar-refractivity contribution is 5.79. The van der Waals surface area contributed by atoms with Crippen LogP contribution in [0.5, 0.6) is 0 Å². The molecule has 4 nitrogen and oxygen atoms in total. The first-order valence-electron chi connectivity index (χ1n) is 23.3. The highest BCUT2D eigenvalue weighted by atomic mass is 16.4. The molecule has 0 aliphatic carbocycles. The Balaban J connectivity index is 0. The van der Waals surface area contributed by atoms with Gasteiger partial charge in [-0.25, -0.2) is 4.79 Å². The van der Waals surface area contributed by atoms with Crippen molar-refractivity contribution in [3.05, 3.63) is 24.3 Å².